The first-order valence-corrected chi connectivity index (χ1v) is 4.29. The van der Waals surface area contributed by atoms with Crippen molar-refractivity contribution < 1.29 is 9.90 Å². The van der Waals surface area contributed by atoms with Crippen LogP contribution in [-0.4, -0.2) is 36.2 Å². The predicted octanol–water partition coefficient (Wildman–Crippen LogP) is -0.584. The van der Waals surface area contributed by atoms with E-state index in [1.807, 2.05) is 0 Å². The van der Waals surface area contributed by atoms with E-state index in [9.17, 15) is 4.79 Å². The highest BCUT2D eigenvalue weighted by molar-refractivity contribution is 5.68. The van der Waals surface area contributed by atoms with Crippen molar-refractivity contribution in [2.45, 2.75) is 18.4 Å². The van der Waals surface area contributed by atoms with Gasteiger partial charge in [0.15, 0.2) is 0 Å². The van der Waals surface area contributed by atoms with Crippen LogP contribution in [0.2, 0.25) is 0 Å². The zero-order valence-electron chi connectivity index (χ0n) is 7.47. The molecule has 0 aromatic rings. The van der Waals surface area contributed by atoms with Gasteiger partial charge in [0.1, 0.15) is 0 Å². The smallest absolute Gasteiger partial charge is 0.305 e. The van der Waals surface area contributed by atoms with E-state index in [4.69, 9.17) is 11.5 Å². The van der Waals surface area contributed by atoms with Gasteiger partial charge in [-0.15, -0.1) is 12.3 Å². The molecule has 4 heteroatoms. The lowest BCUT2D eigenvalue weighted by Gasteiger charge is -2.42. The van der Waals surface area contributed by atoms with E-state index in [1.54, 1.807) is 0 Å². The highest BCUT2D eigenvalue weighted by Crippen LogP contribution is 2.15. The molecule has 0 radical (unpaired) electrons. The standard InChI is InChI=1S/C9H14N2O2/c1-2-3-4-11-9(5-8(12)13)6-10-7-9/h1,10-11H,3-7H2,(H,12,13). The molecular weight excluding hydrogens is 168 g/mol. The van der Waals surface area contributed by atoms with Gasteiger partial charge in [0.25, 0.3) is 0 Å². The Morgan fingerprint density at radius 2 is 2.38 bits per heavy atom. The molecule has 0 atom stereocenters. The molecule has 13 heavy (non-hydrogen) atoms. The first-order chi connectivity index (χ1) is 6.18. The number of hydrogen-bond donors (Lipinski definition) is 3. The van der Waals surface area contributed by atoms with Crippen LogP contribution in [0.1, 0.15) is 12.8 Å². The highest BCUT2D eigenvalue weighted by atomic mass is 16.4. The maximum Gasteiger partial charge on any atom is 0.305 e. The normalized spacial score (nSPS) is 18.7. The van der Waals surface area contributed by atoms with Gasteiger partial charge in [0.2, 0.25) is 0 Å². The molecule has 0 aromatic heterocycles. The topological polar surface area (TPSA) is 61.4 Å². The third-order valence-corrected chi connectivity index (χ3v) is 2.19. The Labute approximate surface area is 77.7 Å². The Balaban J connectivity index is 2.32. The van der Waals surface area contributed by atoms with Crippen molar-refractivity contribution in [3.63, 3.8) is 0 Å². The fourth-order valence-corrected chi connectivity index (χ4v) is 1.43. The number of nitrogens with one attached hydrogen (secondary N) is 2. The number of carboxylic acid groups (broad SMARTS) is 1. The molecule has 4 nitrogen and oxygen atoms in total. The van der Waals surface area contributed by atoms with Crippen LogP contribution >= 0.6 is 0 Å². The predicted molar refractivity (Wildman–Crippen MR) is 49.3 cm³/mol. The van der Waals surface area contributed by atoms with Crippen molar-refractivity contribution in [2.75, 3.05) is 19.6 Å². The largest absolute Gasteiger partial charge is 0.481 e. The summed E-state index contributed by atoms with van der Waals surface area (Å²) < 4.78 is 0. The van der Waals surface area contributed by atoms with Crippen LogP contribution < -0.4 is 10.6 Å². The lowest BCUT2D eigenvalue weighted by Crippen LogP contribution is -2.68. The van der Waals surface area contributed by atoms with Gasteiger partial charge in [-0.3, -0.25) is 4.79 Å². The summed E-state index contributed by atoms with van der Waals surface area (Å²) in [6, 6.07) is 0. The summed E-state index contributed by atoms with van der Waals surface area (Å²) in [5.74, 6) is 1.74. The second-order valence-corrected chi connectivity index (χ2v) is 3.34. The summed E-state index contributed by atoms with van der Waals surface area (Å²) in [5, 5.41) is 14.9. The molecule has 0 aromatic carbocycles. The second kappa shape index (κ2) is 4.26. The van der Waals surface area contributed by atoms with Crippen molar-refractivity contribution in [3.8, 4) is 12.3 Å². The van der Waals surface area contributed by atoms with Crippen LogP contribution in [0.4, 0.5) is 0 Å². The molecular formula is C9H14N2O2. The number of aliphatic carboxylic acids is 1. The van der Waals surface area contributed by atoms with E-state index in [1.165, 1.54) is 0 Å². The summed E-state index contributed by atoms with van der Waals surface area (Å²) in [5.41, 5.74) is -0.261. The molecule has 0 unspecified atom stereocenters. The van der Waals surface area contributed by atoms with Gasteiger partial charge in [-0.25, -0.2) is 0 Å². The Bertz CT molecular complexity index is 228. The minimum absolute atomic E-state index is 0.157. The van der Waals surface area contributed by atoms with Gasteiger partial charge in [0, 0.05) is 26.1 Å². The minimum atomic E-state index is -0.769. The zero-order chi connectivity index (χ0) is 9.73. The van der Waals surface area contributed by atoms with Crippen LogP contribution in [0.5, 0.6) is 0 Å². The Morgan fingerprint density at radius 3 is 2.77 bits per heavy atom. The summed E-state index contributed by atoms with van der Waals surface area (Å²) in [6.07, 6.45) is 5.89. The monoisotopic (exact) mass is 182 g/mol. The van der Waals surface area contributed by atoms with E-state index in [0.717, 1.165) is 0 Å². The van der Waals surface area contributed by atoms with Crippen LogP contribution in [0.25, 0.3) is 0 Å². The lowest BCUT2D eigenvalue weighted by atomic mass is 9.88. The van der Waals surface area contributed by atoms with Crippen molar-refractivity contribution in [3.05, 3.63) is 0 Å². The minimum Gasteiger partial charge on any atom is -0.481 e. The molecule has 1 aliphatic heterocycles. The summed E-state index contributed by atoms with van der Waals surface area (Å²) in [6.45, 7) is 2.11. The molecule has 0 spiro atoms. The molecule has 0 saturated carbocycles. The molecule has 3 N–H and O–H groups in total. The maximum absolute atomic E-state index is 10.5. The van der Waals surface area contributed by atoms with E-state index in [2.05, 4.69) is 16.6 Å². The molecule has 0 bridgehead atoms. The van der Waals surface area contributed by atoms with Crippen LogP contribution in [0, 0.1) is 12.3 Å². The van der Waals surface area contributed by atoms with Crippen molar-refractivity contribution in [2.24, 2.45) is 0 Å². The molecule has 1 aliphatic rings. The van der Waals surface area contributed by atoms with Crippen LogP contribution in [0.15, 0.2) is 0 Å². The SMILES string of the molecule is C#CCCNC1(CC(=O)O)CNC1. The van der Waals surface area contributed by atoms with Crippen LogP contribution in [-0.2, 0) is 4.79 Å². The summed E-state index contributed by atoms with van der Waals surface area (Å²) in [4.78, 5) is 10.5. The van der Waals surface area contributed by atoms with E-state index < -0.39 is 5.97 Å². The number of hydrogen-bond acceptors (Lipinski definition) is 3. The first-order valence-electron chi connectivity index (χ1n) is 4.29. The summed E-state index contributed by atoms with van der Waals surface area (Å²) in [7, 11) is 0. The fraction of sp³-hybridized carbons (Fsp3) is 0.667. The molecule has 1 saturated heterocycles. The highest BCUT2D eigenvalue weighted by Gasteiger charge is 2.38. The van der Waals surface area contributed by atoms with Gasteiger partial charge < -0.3 is 15.7 Å². The quantitative estimate of drug-likeness (QED) is 0.393. The summed E-state index contributed by atoms with van der Waals surface area (Å²) >= 11 is 0. The van der Waals surface area contributed by atoms with E-state index in [0.29, 0.717) is 26.1 Å². The molecule has 1 rings (SSSR count). The van der Waals surface area contributed by atoms with Crippen molar-refractivity contribution in [1.29, 1.82) is 0 Å². The molecule has 1 fully saturated rings. The van der Waals surface area contributed by atoms with Gasteiger partial charge in [-0.2, -0.15) is 0 Å². The van der Waals surface area contributed by atoms with E-state index in [-0.39, 0.29) is 12.0 Å². The number of carbonyl (C=O) groups is 1. The number of terminal acetylenes is 1. The van der Waals surface area contributed by atoms with Gasteiger partial charge in [-0.1, -0.05) is 0 Å². The fourth-order valence-electron chi connectivity index (χ4n) is 1.43. The zero-order valence-corrected chi connectivity index (χ0v) is 7.47. The van der Waals surface area contributed by atoms with Crippen LogP contribution in [0.3, 0.4) is 0 Å². The Morgan fingerprint density at radius 1 is 1.69 bits per heavy atom. The van der Waals surface area contributed by atoms with Gasteiger partial charge >= 0.3 is 5.97 Å². The average Bonchev–Trinajstić information content (AvgIpc) is 1.99. The first kappa shape index (κ1) is 10.0. The van der Waals surface area contributed by atoms with Crippen molar-refractivity contribution in [1.82, 2.24) is 10.6 Å². The maximum atomic E-state index is 10.5. The molecule has 72 valence electrons. The molecule has 1 heterocycles. The van der Waals surface area contributed by atoms with Gasteiger partial charge in [-0.05, 0) is 0 Å². The Hall–Kier alpha value is -1.05. The number of rotatable bonds is 5. The lowest BCUT2D eigenvalue weighted by molar-refractivity contribution is -0.139. The third kappa shape index (κ3) is 2.72. The second-order valence-electron chi connectivity index (χ2n) is 3.34. The molecule has 0 amide bonds. The average molecular weight is 182 g/mol. The van der Waals surface area contributed by atoms with E-state index >= 15 is 0 Å². The number of carboxylic acids is 1. The Kier molecular flexibility index (Phi) is 3.29. The van der Waals surface area contributed by atoms with Gasteiger partial charge in [0.05, 0.1) is 12.0 Å². The molecule has 0 aliphatic carbocycles. The third-order valence-electron chi connectivity index (χ3n) is 2.19. The van der Waals surface area contributed by atoms with Crippen molar-refractivity contribution >= 4 is 5.97 Å².